The monoisotopic (exact) mass is 281 g/mol. The Morgan fingerprint density at radius 3 is 2.22 bits per heavy atom. The standard InChI is InChI=1S/C12H15ClF3NO/c1-6(2)11(18)10(17)7-3-8(12(14,15)16)5-9(13)4-7/h3-6,10-11,18H,17H2,1-2H3/t10-,11+/m1/s1. The van der Waals surface area contributed by atoms with E-state index in [2.05, 4.69) is 0 Å². The first kappa shape index (κ1) is 15.3. The summed E-state index contributed by atoms with van der Waals surface area (Å²) in [4.78, 5) is 0. The molecule has 0 fully saturated rings. The molecule has 102 valence electrons. The summed E-state index contributed by atoms with van der Waals surface area (Å²) in [7, 11) is 0. The number of aliphatic hydroxyl groups excluding tert-OH is 1. The molecule has 2 atom stereocenters. The quantitative estimate of drug-likeness (QED) is 0.892. The van der Waals surface area contributed by atoms with Gasteiger partial charge in [-0.1, -0.05) is 25.4 Å². The number of rotatable bonds is 3. The van der Waals surface area contributed by atoms with Crippen molar-refractivity contribution in [2.24, 2.45) is 11.7 Å². The SMILES string of the molecule is CC(C)[C@H](O)[C@H](N)c1cc(Cl)cc(C(F)(F)F)c1. The zero-order valence-corrected chi connectivity index (χ0v) is 10.8. The lowest BCUT2D eigenvalue weighted by atomic mass is 9.93. The van der Waals surface area contributed by atoms with Crippen LogP contribution in [0.15, 0.2) is 18.2 Å². The molecule has 0 saturated carbocycles. The van der Waals surface area contributed by atoms with Crippen molar-refractivity contribution in [1.29, 1.82) is 0 Å². The van der Waals surface area contributed by atoms with Gasteiger partial charge in [-0.2, -0.15) is 13.2 Å². The van der Waals surface area contributed by atoms with E-state index in [9.17, 15) is 18.3 Å². The van der Waals surface area contributed by atoms with E-state index in [1.165, 1.54) is 6.07 Å². The number of benzene rings is 1. The lowest BCUT2D eigenvalue weighted by molar-refractivity contribution is -0.137. The maximum absolute atomic E-state index is 12.6. The molecule has 0 aliphatic heterocycles. The molecule has 0 amide bonds. The molecule has 1 aromatic rings. The van der Waals surface area contributed by atoms with Crippen molar-refractivity contribution < 1.29 is 18.3 Å². The largest absolute Gasteiger partial charge is 0.416 e. The Morgan fingerprint density at radius 2 is 1.78 bits per heavy atom. The highest BCUT2D eigenvalue weighted by Crippen LogP contribution is 2.33. The molecule has 2 nitrogen and oxygen atoms in total. The fourth-order valence-corrected chi connectivity index (χ4v) is 1.82. The summed E-state index contributed by atoms with van der Waals surface area (Å²) < 4.78 is 37.8. The fraction of sp³-hybridized carbons (Fsp3) is 0.500. The molecular formula is C12H15ClF3NO. The second-order valence-corrected chi connectivity index (χ2v) is 4.97. The van der Waals surface area contributed by atoms with Gasteiger partial charge in [-0.25, -0.2) is 0 Å². The van der Waals surface area contributed by atoms with Gasteiger partial charge in [0, 0.05) is 5.02 Å². The Hall–Kier alpha value is -0.780. The van der Waals surface area contributed by atoms with Gasteiger partial charge in [0.05, 0.1) is 17.7 Å². The summed E-state index contributed by atoms with van der Waals surface area (Å²) in [5.74, 6) is -0.159. The highest BCUT2D eigenvalue weighted by atomic mass is 35.5. The first-order valence-corrected chi connectivity index (χ1v) is 5.82. The van der Waals surface area contributed by atoms with E-state index in [0.717, 1.165) is 12.1 Å². The zero-order valence-electron chi connectivity index (χ0n) is 10.0. The lowest BCUT2D eigenvalue weighted by Crippen LogP contribution is -2.30. The maximum atomic E-state index is 12.6. The van der Waals surface area contributed by atoms with E-state index in [1.807, 2.05) is 0 Å². The zero-order chi connectivity index (χ0) is 14.1. The molecule has 0 aromatic heterocycles. The molecule has 0 radical (unpaired) electrons. The van der Waals surface area contributed by atoms with E-state index in [0.29, 0.717) is 0 Å². The molecule has 6 heteroatoms. The van der Waals surface area contributed by atoms with Gasteiger partial charge in [0.1, 0.15) is 0 Å². The van der Waals surface area contributed by atoms with E-state index in [4.69, 9.17) is 17.3 Å². The van der Waals surface area contributed by atoms with Crippen LogP contribution in [0.1, 0.15) is 31.0 Å². The van der Waals surface area contributed by atoms with Gasteiger partial charge < -0.3 is 10.8 Å². The van der Waals surface area contributed by atoms with E-state index < -0.39 is 23.9 Å². The summed E-state index contributed by atoms with van der Waals surface area (Å²) >= 11 is 5.65. The van der Waals surface area contributed by atoms with Gasteiger partial charge in [-0.3, -0.25) is 0 Å². The van der Waals surface area contributed by atoms with E-state index >= 15 is 0 Å². The van der Waals surface area contributed by atoms with Gasteiger partial charge in [-0.05, 0) is 29.7 Å². The molecule has 0 aliphatic rings. The number of halogens is 4. The van der Waals surface area contributed by atoms with Gasteiger partial charge in [-0.15, -0.1) is 0 Å². The van der Waals surface area contributed by atoms with Crippen molar-refractivity contribution in [2.45, 2.75) is 32.2 Å². The van der Waals surface area contributed by atoms with Crippen LogP contribution in [0, 0.1) is 5.92 Å². The van der Waals surface area contributed by atoms with Crippen LogP contribution in [-0.4, -0.2) is 11.2 Å². The Bertz CT molecular complexity index is 420. The van der Waals surface area contributed by atoms with Gasteiger partial charge in [0.25, 0.3) is 0 Å². The third-order valence-electron chi connectivity index (χ3n) is 2.68. The van der Waals surface area contributed by atoms with Crippen LogP contribution in [0.3, 0.4) is 0 Å². The highest BCUT2D eigenvalue weighted by Gasteiger charge is 2.32. The second kappa shape index (κ2) is 5.47. The third kappa shape index (κ3) is 3.60. The summed E-state index contributed by atoms with van der Waals surface area (Å²) in [6, 6.07) is 2.19. The number of hydrogen-bond donors (Lipinski definition) is 2. The summed E-state index contributed by atoms with van der Waals surface area (Å²) in [5.41, 5.74) is 5.06. The minimum Gasteiger partial charge on any atom is -0.391 e. The minimum absolute atomic E-state index is 0.0498. The lowest BCUT2D eigenvalue weighted by Gasteiger charge is -2.23. The molecule has 0 saturated heterocycles. The number of hydrogen-bond acceptors (Lipinski definition) is 2. The van der Waals surface area contributed by atoms with Crippen molar-refractivity contribution in [3.05, 3.63) is 34.3 Å². The molecule has 0 heterocycles. The van der Waals surface area contributed by atoms with E-state index in [1.54, 1.807) is 13.8 Å². The molecule has 1 aromatic carbocycles. The molecule has 3 N–H and O–H groups in total. The van der Waals surface area contributed by atoms with Crippen LogP contribution in [-0.2, 0) is 6.18 Å². The second-order valence-electron chi connectivity index (χ2n) is 4.53. The Balaban J connectivity index is 3.14. The fourth-order valence-electron chi connectivity index (χ4n) is 1.58. The Kier molecular flexibility index (Phi) is 4.64. The smallest absolute Gasteiger partial charge is 0.391 e. The van der Waals surface area contributed by atoms with Crippen molar-refractivity contribution in [3.8, 4) is 0 Å². The van der Waals surface area contributed by atoms with E-state index in [-0.39, 0.29) is 16.5 Å². The molecule has 0 spiro atoms. The van der Waals surface area contributed by atoms with Crippen molar-refractivity contribution in [3.63, 3.8) is 0 Å². The van der Waals surface area contributed by atoms with Crippen LogP contribution in [0.5, 0.6) is 0 Å². The van der Waals surface area contributed by atoms with Gasteiger partial charge >= 0.3 is 6.18 Å². The van der Waals surface area contributed by atoms with Crippen LogP contribution in [0.4, 0.5) is 13.2 Å². The predicted molar refractivity (Wildman–Crippen MR) is 64.2 cm³/mol. The van der Waals surface area contributed by atoms with Crippen molar-refractivity contribution >= 4 is 11.6 Å². The number of nitrogens with two attached hydrogens (primary N) is 1. The molecule has 1 rings (SSSR count). The van der Waals surface area contributed by atoms with Gasteiger partial charge in [0.15, 0.2) is 0 Å². The first-order chi connectivity index (χ1) is 8.12. The number of aliphatic hydroxyl groups is 1. The molecule has 18 heavy (non-hydrogen) atoms. The maximum Gasteiger partial charge on any atom is 0.416 e. The summed E-state index contributed by atoms with van der Waals surface area (Å²) in [6.07, 6.45) is -5.41. The highest BCUT2D eigenvalue weighted by molar-refractivity contribution is 6.30. The topological polar surface area (TPSA) is 46.2 Å². The van der Waals surface area contributed by atoms with Crippen LogP contribution >= 0.6 is 11.6 Å². The first-order valence-electron chi connectivity index (χ1n) is 5.44. The average molecular weight is 282 g/mol. The van der Waals surface area contributed by atoms with Crippen molar-refractivity contribution in [2.75, 3.05) is 0 Å². The molecular weight excluding hydrogens is 267 g/mol. The van der Waals surface area contributed by atoms with Crippen LogP contribution in [0.2, 0.25) is 5.02 Å². The third-order valence-corrected chi connectivity index (χ3v) is 2.90. The van der Waals surface area contributed by atoms with Crippen LogP contribution in [0.25, 0.3) is 0 Å². The number of alkyl halides is 3. The Labute approximate surface area is 109 Å². The van der Waals surface area contributed by atoms with Crippen molar-refractivity contribution in [1.82, 2.24) is 0 Å². The Morgan fingerprint density at radius 1 is 1.22 bits per heavy atom. The normalized spacial score (nSPS) is 15.8. The minimum atomic E-state index is -4.48. The van der Waals surface area contributed by atoms with Gasteiger partial charge in [0.2, 0.25) is 0 Å². The molecule has 0 unspecified atom stereocenters. The summed E-state index contributed by atoms with van der Waals surface area (Å²) in [6.45, 7) is 3.47. The predicted octanol–water partition coefficient (Wildman–Crippen LogP) is 3.38. The molecule has 0 bridgehead atoms. The van der Waals surface area contributed by atoms with Crippen LogP contribution < -0.4 is 5.73 Å². The summed E-state index contributed by atoms with van der Waals surface area (Å²) in [5, 5.41) is 9.73. The molecule has 0 aliphatic carbocycles. The average Bonchev–Trinajstić information content (AvgIpc) is 2.24.